The van der Waals surface area contributed by atoms with Crippen LogP contribution >= 0.6 is 0 Å². The van der Waals surface area contributed by atoms with Gasteiger partial charge in [0.1, 0.15) is 0 Å². The lowest BCUT2D eigenvalue weighted by atomic mass is 10.0. The van der Waals surface area contributed by atoms with Crippen molar-refractivity contribution in [2.75, 3.05) is 0 Å². The van der Waals surface area contributed by atoms with Gasteiger partial charge in [-0.2, -0.15) is 0 Å². The van der Waals surface area contributed by atoms with E-state index in [9.17, 15) is 4.79 Å². The monoisotopic (exact) mass is 168 g/mol. The molecule has 1 rings (SSSR count). The third-order valence-electron chi connectivity index (χ3n) is 2.25. The highest BCUT2D eigenvalue weighted by molar-refractivity contribution is 5.73. The molecular formula is C9H16N2O. The minimum absolute atomic E-state index is 0.0556. The summed E-state index contributed by atoms with van der Waals surface area (Å²) in [5.41, 5.74) is 12.2. The van der Waals surface area contributed by atoms with Gasteiger partial charge in [-0.3, -0.25) is 4.79 Å². The van der Waals surface area contributed by atoms with Crippen LogP contribution in [0.2, 0.25) is 0 Å². The first-order valence-electron chi connectivity index (χ1n) is 4.43. The molecule has 0 saturated carbocycles. The van der Waals surface area contributed by atoms with Gasteiger partial charge >= 0.3 is 0 Å². The topological polar surface area (TPSA) is 69.1 Å². The Balaban J connectivity index is 2.27. The zero-order valence-corrected chi connectivity index (χ0v) is 7.25. The number of allylic oxidation sites excluding steroid dienone is 1. The first-order chi connectivity index (χ1) is 5.70. The highest BCUT2D eigenvalue weighted by atomic mass is 16.1. The number of hydrogen-bond donors (Lipinski definition) is 2. The second-order valence-corrected chi connectivity index (χ2v) is 3.28. The van der Waals surface area contributed by atoms with E-state index in [0.29, 0.717) is 12.8 Å². The van der Waals surface area contributed by atoms with Crippen LogP contribution in [0.15, 0.2) is 11.6 Å². The van der Waals surface area contributed by atoms with Crippen molar-refractivity contribution < 1.29 is 4.79 Å². The summed E-state index contributed by atoms with van der Waals surface area (Å²) in [6.45, 7) is 0. The number of hydrogen-bond acceptors (Lipinski definition) is 2. The molecule has 12 heavy (non-hydrogen) atoms. The molecule has 0 bridgehead atoms. The molecule has 1 atom stereocenters. The SMILES string of the molecule is NC(=O)CCC(N)C1=CCCC1. The second kappa shape index (κ2) is 4.26. The minimum atomic E-state index is -0.260. The van der Waals surface area contributed by atoms with Crippen LogP contribution in [0.1, 0.15) is 32.1 Å². The first kappa shape index (κ1) is 9.26. The van der Waals surface area contributed by atoms with E-state index in [2.05, 4.69) is 6.08 Å². The van der Waals surface area contributed by atoms with Crippen LogP contribution in [-0.2, 0) is 4.79 Å². The summed E-state index contributed by atoms with van der Waals surface area (Å²) >= 11 is 0. The second-order valence-electron chi connectivity index (χ2n) is 3.28. The van der Waals surface area contributed by atoms with Crippen molar-refractivity contribution in [2.24, 2.45) is 11.5 Å². The quantitative estimate of drug-likeness (QED) is 0.606. The third kappa shape index (κ3) is 2.66. The van der Waals surface area contributed by atoms with Gasteiger partial charge in [-0.1, -0.05) is 11.6 Å². The van der Waals surface area contributed by atoms with Crippen LogP contribution < -0.4 is 11.5 Å². The summed E-state index contributed by atoms with van der Waals surface area (Å²) in [5.74, 6) is -0.260. The molecule has 0 aromatic heterocycles. The Morgan fingerprint density at radius 3 is 2.92 bits per heavy atom. The lowest BCUT2D eigenvalue weighted by Crippen LogP contribution is -2.24. The molecule has 0 saturated heterocycles. The Bertz CT molecular complexity index is 199. The lowest BCUT2D eigenvalue weighted by Gasteiger charge is -2.11. The van der Waals surface area contributed by atoms with Crippen LogP contribution in [0.4, 0.5) is 0 Å². The fraction of sp³-hybridized carbons (Fsp3) is 0.667. The molecule has 1 unspecified atom stereocenters. The molecule has 0 fully saturated rings. The van der Waals surface area contributed by atoms with Crippen molar-refractivity contribution >= 4 is 5.91 Å². The normalized spacial score (nSPS) is 18.9. The van der Waals surface area contributed by atoms with Crippen molar-refractivity contribution in [3.63, 3.8) is 0 Å². The van der Waals surface area contributed by atoms with E-state index in [0.717, 1.165) is 12.8 Å². The van der Waals surface area contributed by atoms with Crippen molar-refractivity contribution in [1.82, 2.24) is 0 Å². The molecule has 0 aromatic rings. The minimum Gasteiger partial charge on any atom is -0.370 e. The zero-order valence-electron chi connectivity index (χ0n) is 7.25. The van der Waals surface area contributed by atoms with E-state index in [1.165, 1.54) is 12.0 Å². The Kier molecular flexibility index (Phi) is 3.29. The number of amides is 1. The molecular weight excluding hydrogens is 152 g/mol. The average molecular weight is 168 g/mol. The predicted molar refractivity (Wildman–Crippen MR) is 48.3 cm³/mol. The van der Waals surface area contributed by atoms with Gasteiger partial charge in [0, 0.05) is 12.5 Å². The molecule has 1 aliphatic carbocycles. The van der Waals surface area contributed by atoms with Crippen molar-refractivity contribution in [2.45, 2.75) is 38.1 Å². The molecule has 0 heterocycles. The number of carbonyl (C=O) groups excluding carboxylic acids is 1. The van der Waals surface area contributed by atoms with Gasteiger partial charge in [-0.15, -0.1) is 0 Å². The zero-order chi connectivity index (χ0) is 8.97. The fourth-order valence-electron chi connectivity index (χ4n) is 1.52. The number of nitrogens with two attached hydrogens (primary N) is 2. The molecule has 1 amide bonds. The maximum atomic E-state index is 10.5. The summed E-state index contributed by atoms with van der Waals surface area (Å²) in [5, 5.41) is 0. The lowest BCUT2D eigenvalue weighted by molar-refractivity contribution is -0.118. The van der Waals surface area contributed by atoms with E-state index in [1.54, 1.807) is 0 Å². The fourth-order valence-corrected chi connectivity index (χ4v) is 1.52. The van der Waals surface area contributed by atoms with Crippen molar-refractivity contribution in [1.29, 1.82) is 0 Å². The third-order valence-corrected chi connectivity index (χ3v) is 2.25. The molecule has 0 aromatic carbocycles. The van der Waals surface area contributed by atoms with E-state index in [-0.39, 0.29) is 11.9 Å². The smallest absolute Gasteiger partial charge is 0.217 e. The summed E-state index contributed by atoms with van der Waals surface area (Å²) in [6, 6.07) is 0.0556. The largest absolute Gasteiger partial charge is 0.370 e. The summed E-state index contributed by atoms with van der Waals surface area (Å²) in [4.78, 5) is 10.5. The Labute approximate surface area is 72.8 Å². The number of carbonyl (C=O) groups is 1. The van der Waals surface area contributed by atoms with Gasteiger partial charge in [0.15, 0.2) is 0 Å². The van der Waals surface area contributed by atoms with Gasteiger partial charge in [0.2, 0.25) is 5.91 Å². The van der Waals surface area contributed by atoms with Crippen molar-refractivity contribution in [3.05, 3.63) is 11.6 Å². The summed E-state index contributed by atoms with van der Waals surface area (Å²) in [7, 11) is 0. The standard InChI is InChI=1S/C9H16N2O/c10-8(5-6-9(11)12)7-3-1-2-4-7/h3,8H,1-2,4-6,10H2,(H2,11,12). The van der Waals surface area contributed by atoms with Crippen molar-refractivity contribution in [3.8, 4) is 0 Å². The molecule has 3 heteroatoms. The predicted octanol–water partition coefficient (Wildman–Crippen LogP) is 0.689. The molecule has 68 valence electrons. The number of rotatable bonds is 4. The number of primary amides is 1. The van der Waals surface area contributed by atoms with Crippen LogP contribution in [0, 0.1) is 0 Å². The Hall–Kier alpha value is -0.830. The van der Waals surface area contributed by atoms with Crippen LogP contribution in [0.5, 0.6) is 0 Å². The molecule has 0 aliphatic heterocycles. The van der Waals surface area contributed by atoms with E-state index < -0.39 is 0 Å². The molecule has 0 radical (unpaired) electrons. The van der Waals surface area contributed by atoms with E-state index in [1.807, 2.05) is 0 Å². The Morgan fingerprint density at radius 2 is 2.42 bits per heavy atom. The van der Waals surface area contributed by atoms with E-state index in [4.69, 9.17) is 11.5 Å². The van der Waals surface area contributed by atoms with Gasteiger partial charge in [-0.05, 0) is 25.7 Å². The average Bonchev–Trinajstić information content (AvgIpc) is 2.51. The maximum Gasteiger partial charge on any atom is 0.217 e. The van der Waals surface area contributed by atoms with Crippen LogP contribution in [-0.4, -0.2) is 11.9 Å². The van der Waals surface area contributed by atoms with Crippen LogP contribution in [0.25, 0.3) is 0 Å². The molecule has 0 spiro atoms. The first-order valence-corrected chi connectivity index (χ1v) is 4.43. The van der Waals surface area contributed by atoms with E-state index >= 15 is 0 Å². The summed E-state index contributed by atoms with van der Waals surface area (Å²) in [6.07, 6.45) is 6.73. The van der Waals surface area contributed by atoms with Gasteiger partial charge in [0.25, 0.3) is 0 Å². The van der Waals surface area contributed by atoms with Gasteiger partial charge in [-0.25, -0.2) is 0 Å². The molecule has 3 nitrogen and oxygen atoms in total. The molecule has 4 N–H and O–H groups in total. The maximum absolute atomic E-state index is 10.5. The van der Waals surface area contributed by atoms with Gasteiger partial charge < -0.3 is 11.5 Å². The Morgan fingerprint density at radius 1 is 1.67 bits per heavy atom. The highest BCUT2D eigenvalue weighted by Crippen LogP contribution is 2.21. The summed E-state index contributed by atoms with van der Waals surface area (Å²) < 4.78 is 0. The highest BCUT2D eigenvalue weighted by Gasteiger charge is 2.13. The van der Waals surface area contributed by atoms with Crippen LogP contribution in [0.3, 0.4) is 0 Å². The van der Waals surface area contributed by atoms with Gasteiger partial charge in [0.05, 0.1) is 0 Å². The molecule has 1 aliphatic rings.